The number of rotatable bonds is 2. The summed E-state index contributed by atoms with van der Waals surface area (Å²) in [7, 11) is -2.27. The van der Waals surface area contributed by atoms with Gasteiger partial charge in [-0.2, -0.15) is 5.26 Å². The van der Waals surface area contributed by atoms with Crippen molar-refractivity contribution in [2.45, 2.75) is 11.8 Å². The SMILES string of the molecule is COc1ccc(N2C=C(C#N)S(=O)(=O)c3ccc(Cl)cc32)c(C)c1. The number of allylic oxidation sites excluding steroid dienone is 1. The lowest BCUT2D eigenvalue weighted by Crippen LogP contribution is -2.21. The molecule has 2 aromatic rings. The highest BCUT2D eigenvalue weighted by atomic mass is 35.5. The minimum atomic E-state index is -3.84. The number of nitrogens with zero attached hydrogens (tertiary/aromatic N) is 2. The summed E-state index contributed by atoms with van der Waals surface area (Å²) in [5, 5.41) is 9.66. The molecule has 1 aliphatic heterocycles. The van der Waals surface area contributed by atoms with E-state index in [-0.39, 0.29) is 9.80 Å². The van der Waals surface area contributed by atoms with Gasteiger partial charge in [0.05, 0.1) is 17.7 Å². The third kappa shape index (κ3) is 2.52. The Morgan fingerprint density at radius 2 is 1.92 bits per heavy atom. The largest absolute Gasteiger partial charge is 0.497 e. The highest BCUT2D eigenvalue weighted by Gasteiger charge is 2.32. The van der Waals surface area contributed by atoms with Crippen molar-refractivity contribution in [3.05, 3.63) is 58.1 Å². The first-order valence-electron chi connectivity index (χ1n) is 6.99. The number of halogens is 1. The first kappa shape index (κ1) is 16.4. The zero-order valence-electron chi connectivity index (χ0n) is 12.9. The maximum Gasteiger partial charge on any atom is 0.220 e. The zero-order valence-corrected chi connectivity index (χ0v) is 14.5. The fourth-order valence-corrected chi connectivity index (χ4v) is 4.04. The van der Waals surface area contributed by atoms with Gasteiger partial charge < -0.3 is 9.64 Å². The van der Waals surface area contributed by atoms with Crippen molar-refractivity contribution in [3.63, 3.8) is 0 Å². The lowest BCUT2D eigenvalue weighted by molar-refractivity contribution is 0.414. The summed E-state index contributed by atoms with van der Waals surface area (Å²) in [5.41, 5.74) is 2.02. The second-order valence-electron chi connectivity index (χ2n) is 5.24. The number of anilines is 2. The van der Waals surface area contributed by atoms with Crippen LogP contribution in [0.2, 0.25) is 5.02 Å². The zero-order chi connectivity index (χ0) is 17.5. The van der Waals surface area contributed by atoms with Crippen molar-refractivity contribution in [2.75, 3.05) is 12.0 Å². The molecule has 2 aromatic carbocycles. The molecular formula is C17H13ClN2O3S. The minimum Gasteiger partial charge on any atom is -0.497 e. The Morgan fingerprint density at radius 1 is 1.17 bits per heavy atom. The molecule has 1 aliphatic rings. The van der Waals surface area contributed by atoms with Crippen molar-refractivity contribution >= 4 is 32.8 Å². The summed E-state index contributed by atoms with van der Waals surface area (Å²) in [5.74, 6) is 0.691. The van der Waals surface area contributed by atoms with Gasteiger partial charge in [0, 0.05) is 16.9 Å². The number of fused-ring (bicyclic) bond motifs is 1. The van der Waals surface area contributed by atoms with Crippen LogP contribution >= 0.6 is 11.6 Å². The maximum absolute atomic E-state index is 12.5. The molecule has 122 valence electrons. The Labute approximate surface area is 145 Å². The van der Waals surface area contributed by atoms with Gasteiger partial charge >= 0.3 is 0 Å². The van der Waals surface area contributed by atoms with Crippen LogP contribution in [-0.4, -0.2) is 15.5 Å². The topological polar surface area (TPSA) is 70.4 Å². The van der Waals surface area contributed by atoms with Crippen LogP contribution in [0.1, 0.15) is 5.56 Å². The smallest absolute Gasteiger partial charge is 0.220 e. The fourth-order valence-electron chi connectivity index (χ4n) is 2.59. The molecule has 7 heteroatoms. The molecule has 0 amide bonds. The van der Waals surface area contributed by atoms with Gasteiger partial charge in [0.1, 0.15) is 11.8 Å². The monoisotopic (exact) mass is 360 g/mol. The highest BCUT2D eigenvalue weighted by molar-refractivity contribution is 7.95. The standard InChI is InChI=1S/C17H13ClN2O3S/c1-11-7-13(23-2)4-5-15(11)20-10-14(9-19)24(21,22)17-6-3-12(18)8-16(17)20/h3-8,10H,1-2H3. The van der Waals surface area contributed by atoms with E-state index in [1.54, 1.807) is 30.2 Å². The first-order valence-corrected chi connectivity index (χ1v) is 8.85. The summed E-state index contributed by atoms with van der Waals surface area (Å²) < 4.78 is 30.3. The molecule has 0 bridgehead atoms. The van der Waals surface area contributed by atoms with Gasteiger partial charge in [-0.05, 0) is 48.9 Å². The molecule has 0 radical (unpaired) electrons. The summed E-state index contributed by atoms with van der Waals surface area (Å²) >= 11 is 6.05. The Hall–Kier alpha value is -2.49. The van der Waals surface area contributed by atoms with Crippen LogP contribution in [0.4, 0.5) is 11.4 Å². The molecule has 0 fully saturated rings. The Balaban J connectivity index is 2.29. The van der Waals surface area contributed by atoms with E-state index in [0.29, 0.717) is 16.5 Å². The third-order valence-corrected chi connectivity index (χ3v) is 5.71. The van der Waals surface area contributed by atoms with Crippen LogP contribution in [0.25, 0.3) is 0 Å². The lowest BCUT2D eigenvalue weighted by atomic mass is 10.1. The Bertz CT molecular complexity index is 1010. The maximum atomic E-state index is 12.5. The van der Waals surface area contributed by atoms with Gasteiger partial charge in [-0.3, -0.25) is 0 Å². The average molecular weight is 361 g/mol. The van der Waals surface area contributed by atoms with E-state index < -0.39 is 9.84 Å². The number of sulfone groups is 1. The molecule has 0 saturated carbocycles. The van der Waals surface area contributed by atoms with Crippen LogP contribution in [0.15, 0.2) is 52.4 Å². The molecule has 24 heavy (non-hydrogen) atoms. The molecule has 5 nitrogen and oxygen atoms in total. The average Bonchev–Trinajstić information content (AvgIpc) is 2.55. The first-order chi connectivity index (χ1) is 11.4. The Kier molecular flexibility index (Phi) is 3.99. The fraction of sp³-hybridized carbons (Fsp3) is 0.118. The van der Waals surface area contributed by atoms with Crippen LogP contribution in [0, 0.1) is 18.3 Å². The molecular weight excluding hydrogens is 348 g/mol. The van der Waals surface area contributed by atoms with Gasteiger partial charge in [0.25, 0.3) is 0 Å². The molecule has 0 aliphatic carbocycles. The van der Waals surface area contributed by atoms with E-state index in [0.717, 1.165) is 11.3 Å². The van der Waals surface area contributed by atoms with E-state index in [1.807, 2.05) is 19.1 Å². The normalized spacial score (nSPS) is 15.2. The van der Waals surface area contributed by atoms with Crippen LogP contribution in [0.3, 0.4) is 0 Å². The molecule has 0 atom stereocenters. The highest BCUT2D eigenvalue weighted by Crippen LogP contribution is 2.42. The van der Waals surface area contributed by atoms with Gasteiger partial charge in [-0.15, -0.1) is 0 Å². The van der Waals surface area contributed by atoms with Crippen molar-refractivity contribution in [1.29, 1.82) is 5.26 Å². The van der Waals surface area contributed by atoms with E-state index in [9.17, 15) is 13.7 Å². The second kappa shape index (κ2) is 5.86. The summed E-state index contributed by atoms with van der Waals surface area (Å²) in [6.45, 7) is 1.88. The molecule has 3 rings (SSSR count). The summed E-state index contributed by atoms with van der Waals surface area (Å²) in [6, 6.07) is 11.7. The van der Waals surface area contributed by atoms with Crippen LogP contribution < -0.4 is 9.64 Å². The van der Waals surface area contributed by atoms with Crippen molar-refractivity contribution < 1.29 is 13.2 Å². The van der Waals surface area contributed by atoms with E-state index in [2.05, 4.69) is 0 Å². The van der Waals surface area contributed by atoms with Crippen molar-refractivity contribution in [1.82, 2.24) is 0 Å². The van der Waals surface area contributed by atoms with Crippen molar-refractivity contribution in [3.8, 4) is 11.8 Å². The van der Waals surface area contributed by atoms with Gasteiger partial charge in [0.2, 0.25) is 9.84 Å². The van der Waals surface area contributed by atoms with E-state index in [1.165, 1.54) is 18.3 Å². The predicted octanol–water partition coefficient (Wildman–Crippen LogP) is 3.95. The predicted molar refractivity (Wildman–Crippen MR) is 92.2 cm³/mol. The number of nitriles is 1. The number of aryl methyl sites for hydroxylation is 1. The second-order valence-corrected chi connectivity index (χ2v) is 7.57. The molecule has 0 saturated heterocycles. The summed E-state index contributed by atoms with van der Waals surface area (Å²) in [4.78, 5) is 1.41. The molecule has 0 N–H and O–H groups in total. The molecule has 0 spiro atoms. The van der Waals surface area contributed by atoms with Crippen molar-refractivity contribution in [2.24, 2.45) is 0 Å². The number of methoxy groups -OCH3 is 1. The number of hydrogen-bond donors (Lipinski definition) is 0. The summed E-state index contributed by atoms with van der Waals surface area (Å²) in [6.07, 6.45) is 1.32. The van der Waals surface area contributed by atoms with Gasteiger partial charge in [0.15, 0.2) is 4.91 Å². The van der Waals surface area contributed by atoms with E-state index in [4.69, 9.17) is 16.3 Å². The van der Waals surface area contributed by atoms with Gasteiger partial charge in [-0.1, -0.05) is 11.6 Å². The minimum absolute atomic E-state index is 0.0566. The van der Waals surface area contributed by atoms with E-state index >= 15 is 0 Å². The number of hydrogen-bond acceptors (Lipinski definition) is 5. The lowest BCUT2D eigenvalue weighted by Gasteiger charge is -2.29. The third-order valence-electron chi connectivity index (χ3n) is 3.78. The molecule has 0 unspecified atom stereocenters. The van der Waals surface area contributed by atoms with Crippen LogP contribution in [-0.2, 0) is 9.84 Å². The molecule has 0 aromatic heterocycles. The number of benzene rings is 2. The quantitative estimate of drug-likeness (QED) is 0.811. The molecule has 1 heterocycles. The van der Waals surface area contributed by atoms with Gasteiger partial charge in [-0.25, -0.2) is 8.42 Å². The van der Waals surface area contributed by atoms with Crippen LogP contribution in [0.5, 0.6) is 5.75 Å². The Morgan fingerprint density at radius 3 is 2.54 bits per heavy atom. The number of ether oxygens (including phenoxy) is 1.